The third-order valence-electron chi connectivity index (χ3n) is 3.87. The molecule has 0 saturated carbocycles. The van der Waals surface area contributed by atoms with Crippen LogP contribution in [0.3, 0.4) is 0 Å². The minimum atomic E-state index is -0.471. The second-order valence-electron chi connectivity index (χ2n) is 5.54. The van der Waals surface area contributed by atoms with Gasteiger partial charge in [-0.3, -0.25) is 24.6 Å². The second kappa shape index (κ2) is 8.27. The Morgan fingerprint density at radius 3 is 3.00 bits per heavy atom. The molecule has 1 amide bonds. The lowest BCUT2D eigenvalue weighted by atomic mass is 10.3. The highest BCUT2D eigenvalue weighted by atomic mass is 16.6. The Morgan fingerprint density at radius 1 is 1.58 bits per heavy atom. The fourth-order valence-corrected chi connectivity index (χ4v) is 2.57. The van der Waals surface area contributed by atoms with Gasteiger partial charge in [0.15, 0.2) is 5.96 Å². The summed E-state index contributed by atoms with van der Waals surface area (Å²) in [6.45, 7) is 4.32. The van der Waals surface area contributed by atoms with Crippen LogP contribution >= 0.6 is 0 Å². The van der Waals surface area contributed by atoms with E-state index in [1.165, 1.54) is 17.1 Å². The molecule has 1 unspecified atom stereocenters. The molecule has 2 heterocycles. The number of likely N-dealkylation sites (tertiary alicyclic amines) is 1. The normalized spacial score (nSPS) is 17.8. The zero-order valence-electron chi connectivity index (χ0n) is 13.9. The Kier molecular flexibility index (Phi) is 6.10. The molecule has 0 spiro atoms. The van der Waals surface area contributed by atoms with Crippen LogP contribution in [0.25, 0.3) is 0 Å². The Bertz CT molecular complexity index is 613. The van der Waals surface area contributed by atoms with E-state index in [4.69, 9.17) is 0 Å². The molecule has 1 aromatic heterocycles. The van der Waals surface area contributed by atoms with E-state index >= 15 is 0 Å². The molecular formula is C14H23N7O3. The van der Waals surface area contributed by atoms with Crippen LogP contribution in [0.1, 0.15) is 19.8 Å². The Labute approximate surface area is 140 Å². The van der Waals surface area contributed by atoms with E-state index in [1.54, 1.807) is 7.05 Å². The fourth-order valence-electron chi connectivity index (χ4n) is 2.57. The number of nitrogens with one attached hydrogen (secondary N) is 2. The van der Waals surface area contributed by atoms with Gasteiger partial charge in [-0.15, -0.1) is 0 Å². The Balaban J connectivity index is 1.74. The number of carbonyl (C=O) groups is 1. The van der Waals surface area contributed by atoms with Gasteiger partial charge in [0.2, 0.25) is 5.91 Å². The maximum atomic E-state index is 11.7. The first kappa shape index (κ1) is 17.7. The van der Waals surface area contributed by atoms with Crippen molar-refractivity contribution in [2.45, 2.75) is 32.4 Å². The van der Waals surface area contributed by atoms with Crippen LogP contribution in [0.5, 0.6) is 0 Å². The van der Waals surface area contributed by atoms with E-state index in [0.717, 1.165) is 13.0 Å². The largest absolute Gasteiger partial charge is 0.355 e. The smallest absolute Gasteiger partial charge is 0.306 e. The molecule has 10 nitrogen and oxygen atoms in total. The molecule has 132 valence electrons. The molecule has 1 atom stereocenters. The van der Waals surface area contributed by atoms with Crippen LogP contribution in [0.15, 0.2) is 17.4 Å². The summed E-state index contributed by atoms with van der Waals surface area (Å²) in [7, 11) is 1.68. The van der Waals surface area contributed by atoms with Gasteiger partial charge >= 0.3 is 5.69 Å². The summed E-state index contributed by atoms with van der Waals surface area (Å²) < 4.78 is 1.51. The Hall–Kier alpha value is -2.65. The topological polar surface area (TPSA) is 118 Å². The van der Waals surface area contributed by atoms with E-state index in [9.17, 15) is 14.9 Å². The first-order valence-electron chi connectivity index (χ1n) is 7.95. The molecule has 1 saturated heterocycles. The number of aromatic nitrogens is 2. The van der Waals surface area contributed by atoms with Crippen LogP contribution in [-0.2, 0) is 11.3 Å². The van der Waals surface area contributed by atoms with Gasteiger partial charge in [-0.1, -0.05) is 6.92 Å². The van der Waals surface area contributed by atoms with E-state index in [2.05, 4.69) is 20.7 Å². The summed E-state index contributed by atoms with van der Waals surface area (Å²) in [5.74, 6) is 0.815. The summed E-state index contributed by atoms with van der Waals surface area (Å²) in [6.07, 6.45) is 4.03. The number of aliphatic imine (C=N–C) groups is 1. The lowest BCUT2D eigenvalue weighted by molar-refractivity contribution is -0.385. The molecule has 2 rings (SSSR count). The van der Waals surface area contributed by atoms with Crippen LogP contribution in [-0.4, -0.2) is 64.2 Å². The van der Waals surface area contributed by atoms with Gasteiger partial charge in [0.05, 0.1) is 11.5 Å². The van der Waals surface area contributed by atoms with Gasteiger partial charge in [0.25, 0.3) is 0 Å². The summed E-state index contributed by atoms with van der Waals surface area (Å²) in [5.41, 5.74) is -0.0239. The summed E-state index contributed by atoms with van der Waals surface area (Å²) in [6, 6.07) is 0.178. The molecule has 0 aliphatic carbocycles. The van der Waals surface area contributed by atoms with Crippen molar-refractivity contribution in [1.82, 2.24) is 25.3 Å². The van der Waals surface area contributed by atoms with Gasteiger partial charge in [-0.25, -0.2) is 0 Å². The summed E-state index contributed by atoms with van der Waals surface area (Å²) in [5, 5.41) is 21.0. The number of hydrogen-bond acceptors (Lipinski definition) is 5. The highest BCUT2D eigenvalue weighted by molar-refractivity contribution is 5.80. The average molecular weight is 337 g/mol. The molecule has 0 bridgehead atoms. The maximum absolute atomic E-state index is 11.7. The monoisotopic (exact) mass is 337 g/mol. The minimum Gasteiger partial charge on any atom is -0.355 e. The molecule has 1 aliphatic heterocycles. The van der Waals surface area contributed by atoms with Crippen molar-refractivity contribution in [3.05, 3.63) is 22.5 Å². The number of nitrogens with zero attached hydrogens (tertiary/aromatic N) is 5. The van der Waals surface area contributed by atoms with E-state index in [-0.39, 0.29) is 17.6 Å². The zero-order chi connectivity index (χ0) is 17.5. The maximum Gasteiger partial charge on any atom is 0.306 e. The number of rotatable bonds is 6. The van der Waals surface area contributed by atoms with Gasteiger partial charge in [-0.05, 0) is 6.42 Å². The molecule has 2 N–H and O–H groups in total. The second-order valence-corrected chi connectivity index (χ2v) is 5.54. The number of carbonyl (C=O) groups excluding carboxylic acids is 1. The number of guanidine groups is 1. The van der Waals surface area contributed by atoms with Crippen LogP contribution < -0.4 is 10.6 Å². The van der Waals surface area contributed by atoms with Gasteiger partial charge < -0.3 is 15.5 Å². The third-order valence-corrected chi connectivity index (χ3v) is 3.87. The van der Waals surface area contributed by atoms with Crippen molar-refractivity contribution in [2.75, 3.05) is 26.7 Å². The molecule has 1 aliphatic rings. The lowest BCUT2D eigenvalue weighted by Gasteiger charge is -2.18. The number of nitro groups is 1. The molecule has 1 aromatic rings. The molecule has 0 radical (unpaired) electrons. The van der Waals surface area contributed by atoms with Crippen molar-refractivity contribution in [1.29, 1.82) is 0 Å². The zero-order valence-corrected chi connectivity index (χ0v) is 13.9. The van der Waals surface area contributed by atoms with E-state index in [1.807, 2.05) is 11.8 Å². The van der Waals surface area contributed by atoms with Crippen molar-refractivity contribution >= 4 is 17.6 Å². The predicted molar refractivity (Wildman–Crippen MR) is 88.7 cm³/mol. The van der Waals surface area contributed by atoms with Crippen LogP contribution in [0, 0.1) is 10.1 Å². The fraction of sp³-hybridized carbons (Fsp3) is 0.643. The van der Waals surface area contributed by atoms with Crippen molar-refractivity contribution in [2.24, 2.45) is 4.99 Å². The standard InChI is InChI=1S/C14H23N7O3/c1-3-13(22)19-6-4-11(9-19)18-14(15-2)16-5-7-20-10-12(8-17-20)21(23)24/h8,10-11H,3-7,9H2,1-2H3,(H2,15,16,18). The predicted octanol–water partition coefficient (Wildman–Crippen LogP) is -0.0328. The summed E-state index contributed by atoms with van der Waals surface area (Å²) >= 11 is 0. The highest BCUT2D eigenvalue weighted by Gasteiger charge is 2.25. The van der Waals surface area contributed by atoms with Crippen molar-refractivity contribution < 1.29 is 9.72 Å². The SMILES string of the molecule is CCC(=O)N1CCC(NC(=NC)NCCn2cc([N+](=O)[O-])cn2)C1. The highest BCUT2D eigenvalue weighted by Crippen LogP contribution is 2.10. The van der Waals surface area contributed by atoms with Crippen molar-refractivity contribution in [3.8, 4) is 0 Å². The molecule has 0 aromatic carbocycles. The average Bonchev–Trinajstić information content (AvgIpc) is 3.22. The van der Waals surface area contributed by atoms with Gasteiger partial charge in [0.1, 0.15) is 12.4 Å². The molecule has 24 heavy (non-hydrogen) atoms. The van der Waals surface area contributed by atoms with Crippen LogP contribution in [0.4, 0.5) is 5.69 Å². The molecule has 10 heteroatoms. The van der Waals surface area contributed by atoms with Gasteiger partial charge in [-0.2, -0.15) is 5.10 Å². The van der Waals surface area contributed by atoms with E-state index in [0.29, 0.717) is 32.0 Å². The van der Waals surface area contributed by atoms with Crippen LogP contribution in [0.2, 0.25) is 0 Å². The quantitative estimate of drug-likeness (QED) is 0.326. The summed E-state index contributed by atoms with van der Waals surface area (Å²) in [4.78, 5) is 27.8. The number of hydrogen-bond donors (Lipinski definition) is 2. The Morgan fingerprint density at radius 2 is 2.38 bits per heavy atom. The lowest BCUT2D eigenvalue weighted by Crippen LogP contribution is -2.45. The van der Waals surface area contributed by atoms with E-state index < -0.39 is 4.92 Å². The molecule has 1 fully saturated rings. The first-order valence-corrected chi connectivity index (χ1v) is 7.95. The molecular weight excluding hydrogens is 314 g/mol. The first-order chi connectivity index (χ1) is 11.5. The third kappa shape index (κ3) is 4.67. The minimum absolute atomic E-state index is 0.0239. The number of amides is 1. The van der Waals surface area contributed by atoms with Crippen molar-refractivity contribution in [3.63, 3.8) is 0 Å². The van der Waals surface area contributed by atoms with Gasteiger partial charge in [0, 0.05) is 39.1 Å².